The molecule has 0 aliphatic rings. The van der Waals surface area contributed by atoms with E-state index in [9.17, 15) is 0 Å². The summed E-state index contributed by atoms with van der Waals surface area (Å²) in [6, 6.07) is 64.0. The van der Waals surface area contributed by atoms with E-state index in [1.807, 2.05) is 30.3 Å². The van der Waals surface area contributed by atoms with Crippen molar-refractivity contribution < 1.29 is 4.42 Å². The maximum absolute atomic E-state index is 6.49. The smallest absolute Gasteiger partial charge is 0.238 e. The second kappa shape index (κ2) is 11.9. The Labute approximate surface area is 320 Å². The molecule has 0 fully saturated rings. The fourth-order valence-corrected chi connectivity index (χ4v) is 8.65. The van der Waals surface area contributed by atoms with Gasteiger partial charge in [-0.15, -0.1) is 0 Å². The third-order valence-electron chi connectivity index (χ3n) is 11.2. The Kier molecular flexibility index (Phi) is 6.56. The molecule has 5 heteroatoms. The average molecular weight is 715 g/mol. The van der Waals surface area contributed by atoms with E-state index in [-0.39, 0.29) is 0 Å². The molecule has 0 unspecified atom stereocenters. The summed E-state index contributed by atoms with van der Waals surface area (Å²) in [5.41, 5.74) is 7.84. The van der Waals surface area contributed by atoms with Gasteiger partial charge in [0.25, 0.3) is 0 Å². The minimum Gasteiger partial charge on any atom is -0.456 e. The molecule has 12 aromatic rings. The van der Waals surface area contributed by atoms with Crippen molar-refractivity contribution in [1.82, 2.24) is 19.5 Å². The Morgan fingerprint density at radius 2 is 0.982 bits per heavy atom. The van der Waals surface area contributed by atoms with Gasteiger partial charge in [-0.2, -0.15) is 9.97 Å². The van der Waals surface area contributed by atoms with Crippen LogP contribution in [0, 0.1) is 0 Å². The van der Waals surface area contributed by atoms with E-state index in [1.54, 1.807) is 0 Å². The zero-order chi connectivity index (χ0) is 36.7. The fourth-order valence-electron chi connectivity index (χ4n) is 8.65. The number of benzene rings is 9. The predicted molar refractivity (Wildman–Crippen MR) is 230 cm³/mol. The lowest BCUT2D eigenvalue weighted by molar-refractivity contribution is 0.669. The zero-order valence-corrected chi connectivity index (χ0v) is 30.0. The Balaban J connectivity index is 1.12. The quantitative estimate of drug-likeness (QED) is 0.182. The highest BCUT2D eigenvalue weighted by molar-refractivity contribution is 6.22. The molecule has 0 saturated carbocycles. The van der Waals surface area contributed by atoms with Crippen LogP contribution in [0.2, 0.25) is 0 Å². The fraction of sp³-hybridized carbons (Fsp3) is 0. The van der Waals surface area contributed by atoms with E-state index in [2.05, 4.69) is 156 Å². The van der Waals surface area contributed by atoms with Crippen molar-refractivity contribution in [2.45, 2.75) is 0 Å². The summed E-state index contributed by atoms with van der Waals surface area (Å²) in [4.78, 5) is 15.6. The Bertz CT molecular complexity index is 3540. The van der Waals surface area contributed by atoms with Gasteiger partial charge in [-0.05, 0) is 79.8 Å². The van der Waals surface area contributed by atoms with Crippen LogP contribution in [0.3, 0.4) is 0 Å². The molecule has 0 N–H and O–H groups in total. The van der Waals surface area contributed by atoms with Gasteiger partial charge in [-0.1, -0.05) is 146 Å². The van der Waals surface area contributed by atoms with Crippen LogP contribution in [0.4, 0.5) is 0 Å². The summed E-state index contributed by atoms with van der Waals surface area (Å²) in [7, 11) is 0. The van der Waals surface area contributed by atoms with Crippen LogP contribution in [0.5, 0.6) is 0 Å². The standard InChI is InChI=1S/C51H30N4O/c1-2-14-34(15-3-1)49-52-50(36-21-25-41-46(30-36)56-45-28-24-33-13-6-9-19-40(33)48(41)45)54-51(53-49)55-43-26-23-35(38-20-10-16-31-11-4-7-17-37(31)38)29-42(43)47-39-18-8-5-12-32(39)22-27-44(47)55/h1-30H. The average Bonchev–Trinajstić information content (AvgIpc) is 3.82. The maximum atomic E-state index is 6.49. The van der Waals surface area contributed by atoms with Crippen molar-refractivity contribution in [3.63, 3.8) is 0 Å². The number of hydrogen-bond donors (Lipinski definition) is 0. The highest BCUT2D eigenvalue weighted by Gasteiger charge is 2.21. The molecule has 0 aliphatic heterocycles. The molecule has 0 spiro atoms. The van der Waals surface area contributed by atoms with Crippen LogP contribution >= 0.6 is 0 Å². The lowest BCUT2D eigenvalue weighted by Gasteiger charge is -2.11. The van der Waals surface area contributed by atoms with Gasteiger partial charge in [0.1, 0.15) is 11.2 Å². The molecule has 0 saturated heterocycles. The molecule has 0 bridgehead atoms. The minimum absolute atomic E-state index is 0.553. The van der Waals surface area contributed by atoms with Crippen molar-refractivity contribution in [1.29, 1.82) is 0 Å². The molecule has 5 nitrogen and oxygen atoms in total. The second-order valence-corrected chi connectivity index (χ2v) is 14.4. The normalized spacial score (nSPS) is 11.9. The van der Waals surface area contributed by atoms with E-state index < -0.39 is 0 Å². The van der Waals surface area contributed by atoms with E-state index in [1.165, 1.54) is 43.3 Å². The van der Waals surface area contributed by atoms with Crippen LogP contribution in [-0.4, -0.2) is 19.5 Å². The molecule has 3 aromatic heterocycles. The lowest BCUT2D eigenvalue weighted by atomic mass is 9.96. The van der Waals surface area contributed by atoms with Crippen LogP contribution in [0.25, 0.3) is 116 Å². The molecular formula is C51H30N4O. The summed E-state index contributed by atoms with van der Waals surface area (Å²) in [5.74, 6) is 1.73. The first-order valence-corrected chi connectivity index (χ1v) is 18.9. The summed E-state index contributed by atoms with van der Waals surface area (Å²) in [6.07, 6.45) is 0. The number of aromatic nitrogens is 4. The number of rotatable bonds is 4. The largest absolute Gasteiger partial charge is 0.456 e. The van der Waals surface area contributed by atoms with E-state index in [4.69, 9.17) is 19.4 Å². The maximum Gasteiger partial charge on any atom is 0.238 e. The van der Waals surface area contributed by atoms with Crippen LogP contribution in [-0.2, 0) is 0 Å². The van der Waals surface area contributed by atoms with Gasteiger partial charge in [-0.25, -0.2) is 4.98 Å². The van der Waals surface area contributed by atoms with E-state index >= 15 is 0 Å². The van der Waals surface area contributed by atoms with Crippen molar-refractivity contribution in [3.8, 4) is 39.9 Å². The number of nitrogens with zero attached hydrogens (tertiary/aromatic N) is 4. The first-order chi connectivity index (χ1) is 27.7. The Morgan fingerprint density at radius 1 is 0.357 bits per heavy atom. The highest BCUT2D eigenvalue weighted by Crippen LogP contribution is 2.41. The highest BCUT2D eigenvalue weighted by atomic mass is 16.3. The van der Waals surface area contributed by atoms with Gasteiger partial charge in [0.15, 0.2) is 11.6 Å². The molecule has 56 heavy (non-hydrogen) atoms. The second-order valence-electron chi connectivity index (χ2n) is 14.4. The Hall–Kier alpha value is -7.63. The van der Waals surface area contributed by atoms with Gasteiger partial charge in [0, 0.05) is 32.7 Å². The molecular weight excluding hydrogens is 685 g/mol. The first-order valence-electron chi connectivity index (χ1n) is 18.9. The molecule has 0 amide bonds. The van der Waals surface area contributed by atoms with Gasteiger partial charge >= 0.3 is 0 Å². The molecule has 0 aliphatic carbocycles. The first kappa shape index (κ1) is 30.8. The summed E-state index contributed by atoms with van der Waals surface area (Å²) >= 11 is 0. The molecule has 3 heterocycles. The summed E-state index contributed by atoms with van der Waals surface area (Å²) < 4.78 is 8.70. The minimum atomic E-state index is 0.553. The monoisotopic (exact) mass is 714 g/mol. The van der Waals surface area contributed by atoms with Crippen LogP contribution in [0.15, 0.2) is 186 Å². The molecule has 0 radical (unpaired) electrons. The number of hydrogen-bond acceptors (Lipinski definition) is 4. The molecule has 12 rings (SSSR count). The van der Waals surface area contributed by atoms with Crippen LogP contribution < -0.4 is 0 Å². The van der Waals surface area contributed by atoms with Crippen molar-refractivity contribution in [3.05, 3.63) is 182 Å². The van der Waals surface area contributed by atoms with Crippen molar-refractivity contribution in [2.75, 3.05) is 0 Å². The van der Waals surface area contributed by atoms with Crippen molar-refractivity contribution in [2.24, 2.45) is 0 Å². The van der Waals surface area contributed by atoms with Gasteiger partial charge in [-0.3, -0.25) is 4.57 Å². The number of fused-ring (bicyclic) bond motifs is 11. The SMILES string of the molecule is c1ccc(-c2nc(-c3ccc4c(c3)oc3ccc5ccccc5c34)nc(-n3c4ccc(-c5cccc6ccccc56)cc4c4c5ccccc5ccc43)n2)cc1. The molecule has 9 aromatic carbocycles. The third kappa shape index (κ3) is 4.64. The van der Waals surface area contributed by atoms with E-state index in [0.717, 1.165) is 55.0 Å². The van der Waals surface area contributed by atoms with Gasteiger partial charge < -0.3 is 4.42 Å². The number of furan rings is 1. The van der Waals surface area contributed by atoms with Gasteiger partial charge in [0.05, 0.1) is 11.0 Å². The predicted octanol–water partition coefficient (Wildman–Crippen LogP) is 13.3. The molecule has 260 valence electrons. The van der Waals surface area contributed by atoms with Crippen molar-refractivity contribution >= 4 is 76.1 Å². The Morgan fingerprint density at radius 3 is 1.79 bits per heavy atom. The molecule has 0 atom stereocenters. The van der Waals surface area contributed by atoms with Gasteiger partial charge in [0.2, 0.25) is 5.95 Å². The zero-order valence-electron chi connectivity index (χ0n) is 30.0. The summed E-state index contributed by atoms with van der Waals surface area (Å²) in [6.45, 7) is 0. The van der Waals surface area contributed by atoms with Crippen LogP contribution in [0.1, 0.15) is 0 Å². The van der Waals surface area contributed by atoms with E-state index in [0.29, 0.717) is 17.6 Å². The third-order valence-corrected chi connectivity index (χ3v) is 11.2. The summed E-state index contributed by atoms with van der Waals surface area (Å²) in [5, 5.41) is 11.7. The topological polar surface area (TPSA) is 56.7 Å². The lowest BCUT2D eigenvalue weighted by Crippen LogP contribution is -2.06.